The van der Waals surface area contributed by atoms with Gasteiger partial charge < -0.3 is 9.88 Å². The number of benzene rings is 1. The molecule has 2 rings (SSSR count). The lowest BCUT2D eigenvalue weighted by atomic mass is 10.1. The molecule has 0 unspecified atom stereocenters. The average Bonchev–Trinajstić information content (AvgIpc) is 2.95. The molecule has 0 aliphatic carbocycles. The van der Waals surface area contributed by atoms with Crippen LogP contribution in [0.25, 0.3) is 0 Å². The molecule has 1 aromatic heterocycles. The molecule has 112 valence electrons. The van der Waals surface area contributed by atoms with E-state index in [0.717, 1.165) is 23.8 Å². The van der Waals surface area contributed by atoms with Gasteiger partial charge in [-0.3, -0.25) is 4.79 Å². The fourth-order valence-electron chi connectivity index (χ4n) is 1.83. The van der Waals surface area contributed by atoms with Gasteiger partial charge in [-0.15, -0.1) is 10.2 Å². The topological polar surface area (TPSA) is 59.8 Å². The molecular weight excluding hydrogens is 284 g/mol. The van der Waals surface area contributed by atoms with Crippen molar-refractivity contribution in [2.24, 2.45) is 0 Å². The molecule has 0 spiro atoms. The lowest BCUT2D eigenvalue weighted by molar-refractivity contribution is -0.115. The molecule has 1 N–H and O–H groups in total. The lowest BCUT2D eigenvalue weighted by Gasteiger charge is -2.12. The van der Waals surface area contributed by atoms with Crippen molar-refractivity contribution >= 4 is 23.4 Å². The Labute approximate surface area is 129 Å². The molecule has 2 aromatic rings. The number of aryl methyl sites for hydroxylation is 2. The fraction of sp³-hybridized carbons (Fsp3) is 0.400. The highest BCUT2D eigenvalue weighted by molar-refractivity contribution is 8.00. The first-order valence-corrected chi connectivity index (χ1v) is 7.96. The van der Waals surface area contributed by atoms with Gasteiger partial charge in [0.1, 0.15) is 6.33 Å². The summed E-state index contributed by atoms with van der Waals surface area (Å²) >= 11 is 1.41. The first-order valence-electron chi connectivity index (χ1n) is 7.08. The second-order valence-electron chi connectivity index (χ2n) is 4.70. The molecule has 0 saturated carbocycles. The standard InChI is InChI=1S/C15H20N4OS/c1-4-12-6-8-13(9-7-12)17-14(20)11(3)21-15-18-16-10-19(15)5-2/h6-11H,4-5H2,1-3H3,(H,17,20)/t11-/m0/s1. The maximum atomic E-state index is 12.2. The third-order valence-corrected chi connectivity index (χ3v) is 4.30. The van der Waals surface area contributed by atoms with E-state index in [2.05, 4.69) is 22.4 Å². The highest BCUT2D eigenvalue weighted by Gasteiger charge is 2.17. The number of aromatic nitrogens is 3. The van der Waals surface area contributed by atoms with Gasteiger partial charge in [-0.2, -0.15) is 0 Å². The van der Waals surface area contributed by atoms with Crippen molar-refractivity contribution in [1.29, 1.82) is 0 Å². The summed E-state index contributed by atoms with van der Waals surface area (Å²) in [4.78, 5) is 12.2. The summed E-state index contributed by atoms with van der Waals surface area (Å²) < 4.78 is 1.92. The Bertz CT molecular complexity index is 594. The minimum absolute atomic E-state index is 0.0325. The van der Waals surface area contributed by atoms with Crippen LogP contribution in [0.4, 0.5) is 5.69 Å². The molecule has 0 radical (unpaired) electrons. The normalized spacial score (nSPS) is 12.1. The number of nitrogens with zero attached hydrogens (tertiary/aromatic N) is 3. The molecule has 1 atom stereocenters. The third kappa shape index (κ3) is 4.07. The SMILES string of the molecule is CCc1ccc(NC(=O)[C@H](C)Sc2nncn2CC)cc1. The van der Waals surface area contributed by atoms with E-state index >= 15 is 0 Å². The number of hydrogen-bond donors (Lipinski definition) is 1. The average molecular weight is 304 g/mol. The van der Waals surface area contributed by atoms with Crippen LogP contribution < -0.4 is 5.32 Å². The van der Waals surface area contributed by atoms with Crippen LogP contribution in [0.15, 0.2) is 35.7 Å². The van der Waals surface area contributed by atoms with E-state index in [1.54, 1.807) is 6.33 Å². The second kappa shape index (κ2) is 7.26. The number of rotatable bonds is 6. The summed E-state index contributed by atoms with van der Waals surface area (Å²) in [6.45, 7) is 6.79. The zero-order chi connectivity index (χ0) is 15.2. The summed E-state index contributed by atoms with van der Waals surface area (Å²) in [5, 5.41) is 11.4. The number of amides is 1. The molecule has 0 fully saturated rings. The number of anilines is 1. The largest absolute Gasteiger partial charge is 0.325 e. The molecule has 1 amide bonds. The maximum absolute atomic E-state index is 12.2. The molecular formula is C15H20N4OS. The van der Waals surface area contributed by atoms with Gasteiger partial charge in [0.25, 0.3) is 0 Å². The summed E-state index contributed by atoms with van der Waals surface area (Å²) in [6.07, 6.45) is 2.67. The molecule has 0 saturated heterocycles. The van der Waals surface area contributed by atoms with Crippen LogP contribution in [-0.2, 0) is 17.8 Å². The first-order chi connectivity index (χ1) is 10.1. The van der Waals surface area contributed by atoms with Crippen molar-refractivity contribution in [3.63, 3.8) is 0 Å². The molecule has 1 heterocycles. The zero-order valence-corrected chi connectivity index (χ0v) is 13.4. The van der Waals surface area contributed by atoms with E-state index in [-0.39, 0.29) is 11.2 Å². The van der Waals surface area contributed by atoms with E-state index in [9.17, 15) is 4.79 Å². The summed E-state index contributed by atoms with van der Waals surface area (Å²) in [6, 6.07) is 7.92. The smallest absolute Gasteiger partial charge is 0.237 e. The third-order valence-electron chi connectivity index (χ3n) is 3.20. The molecule has 0 aliphatic heterocycles. The van der Waals surface area contributed by atoms with Crippen LogP contribution in [0.2, 0.25) is 0 Å². The van der Waals surface area contributed by atoms with Gasteiger partial charge in [0.2, 0.25) is 5.91 Å². The van der Waals surface area contributed by atoms with Crippen molar-refractivity contribution in [3.05, 3.63) is 36.2 Å². The minimum atomic E-state index is -0.231. The maximum Gasteiger partial charge on any atom is 0.237 e. The van der Waals surface area contributed by atoms with E-state index in [1.165, 1.54) is 17.3 Å². The highest BCUT2D eigenvalue weighted by atomic mass is 32.2. The van der Waals surface area contributed by atoms with E-state index in [4.69, 9.17) is 0 Å². The molecule has 21 heavy (non-hydrogen) atoms. The Morgan fingerprint density at radius 2 is 2.05 bits per heavy atom. The lowest BCUT2D eigenvalue weighted by Crippen LogP contribution is -2.22. The van der Waals surface area contributed by atoms with Crippen LogP contribution >= 0.6 is 11.8 Å². The van der Waals surface area contributed by atoms with Gasteiger partial charge in [-0.1, -0.05) is 30.8 Å². The molecule has 1 aromatic carbocycles. The van der Waals surface area contributed by atoms with Crippen molar-refractivity contribution in [2.75, 3.05) is 5.32 Å². The van der Waals surface area contributed by atoms with Crippen LogP contribution in [0.5, 0.6) is 0 Å². The molecule has 0 aliphatic rings. The summed E-state index contributed by atoms with van der Waals surface area (Å²) in [7, 11) is 0. The second-order valence-corrected chi connectivity index (χ2v) is 6.01. The Morgan fingerprint density at radius 1 is 1.33 bits per heavy atom. The van der Waals surface area contributed by atoms with Crippen molar-refractivity contribution in [1.82, 2.24) is 14.8 Å². The van der Waals surface area contributed by atoms with Crippen molar-refractivity contribution in [2.45, 2.75) is 44.1 Å². The van der Waals surface area contributed by atoms with Crippen LogP contribution in [0.3, 0.4) is 0 Å². The van der Waals surface area contributed by atoms with Gasteiger partial charge >= 0.3 is 0 Å². The Morgan fingerprint density at radius 3 is 2.67 bits per heavy atom. The quantitative estimate of drug-likeness (QED) is 0.834. The Balaban J connectivity index is 1.95. The van der Waals surface area contributed by atoms with Gasteiger partial charge in [0, 0.05) is 12.2 Å². The number of carbonyl (C=O) groups is 1. The minimum Gasteiger partial charge on any atom is -0.325 e. The van der Waals surface area contributed by atoms with Gasteiger partial charge in [0.15, 0.2) is 5.16 Å². The predicted molar refractivity (Wildman–Crippen MR) is 85.5 cm³/mol. The van der Waals surface area contributed by atoms with Gasteiger partial charge in [-0.05, 0) is 38.0 Å². The van der Waals surface area contributed by atoms with Gasteiger partial charge in [-0.25, -0.2) is 0 Å². The Hall–Kier alpha value is -1.82. The van der Waals surface area contributed by atoms with E-state index in [1.807, 2.05) is 42.7 Å². The number of hydrogen-bond acceptors (Lipinski definition) is 4. The van der Waals surface area contributed by atoms with Crippen LogP contribution in [-0.4, -0.2) is 25.9 Å². The number of carbonyl (C=O) groups excluding carboxylic acids is 1. The highest BCUT2D eigenvalue weighted by Crippen LogP contribution is 2.22. The van der Waals surface area contributed by atoms with E-state index in [0.29, 0.717) is 0 Å². The summed E-state index contributed by atoms with van der Waals surface area (Å²) in [5.41, 5.74) is 2.08. The first kappa shape index (κ1) is 15.6. The fourth-order valence-corrected chi connectivity index (χ4v) is 2.72. The van der Waals surface area contributed by atoms with Crippen LogP contribution in [0.1, 0.15) is 26.3 Å². The van der Waals surface area contributed by atoms with E-state index < -0.39 is 0 Å². The Kier molecular flexibility index (Phi) is 5.38. The number of nitrogens with one attached hydrogen (secondary N) is 1. The van der Waals surface area contributed by atoms with Crippen molar-refractivity contribution in [3.8, 4) is 0 Å². The van der Waals surface area contributed by atoms with Crippen molar-refractivity contribution < 1.29 is 4.79 Å². The molecule has 0 bridgehead atoms. The van der Waals surface area contributed by atoms with Gasteiger partial charge in [0.05, 0.1) is 5.25 Å². The molecule has 6 heteroatoms. The predicted octanol–water partition coefficient (Wildman–Crippen LogP) is 2.98. The monoisotopic (exact) mass is 304 g/mol. The zero-order valence-electron chi connectivity index (χ0n) is 12.5. The number of thioether (sulfide) groups is 1. The van der Waals surface area contributed by atoms with Crippen LogP contribution in [0, 0.1) is 0 Å². The summed E-state index contributed by atoms with van der Waals surface area (Å²) in [5.74, 6) is -0.0325. The molecule has 5 nitrogen and oxygen atoms in total.